The summed E-state index contributed by atoms with van der Waals surface area (Å²) in [5, 5.41) is 22.2. The minimum Gasteiger partial charge on any atom is -0.369 e. The maximum Gasteiger partial charge on any atom is 0.271 e. The molecule has 0 spiro atoms. The first-order valence-electron chi connectivity index (χ1n) is 10.1. The molecule has 1 saturated heterocycles. The Hall–Kier alpha value is -4.10. The molecule has 32 heavy (non-hydrogen) atoms. The van der Waals surface area contributed by atoms with Gasteiger partial charge in [0.1, 0.15) is 0 Å². The summed E-state index contributed by atoms with van der Waals surface area (Å²) in [5.41, 5.74) is 5.53. The Balaban J connectivity index is 1.62. The molecule has 0 saturated carbocycles. The number of anilines is 2. The zero-order valence-corrected chi connectivity index (χ0v) is 17.7. The van der Waals surface area contributed by atoms with E-state index in [0.29, 0.717) is 35.8 Å². The summed E-state index contributed by atoms with van der Waals surface area (Å²) in [5.74, 6) is 5.11. The molecule has 2 amide bonds. The number of likely N-dealkylation sites (N-methyl/N-ethyl adjacent to an activating group) is 1. The fourth-order valence-electron chi connectivity index (χ4n) is 3.49. The number of aromatic nitrogens is 4. The highest BCUT2D eigenvalue weighted by Crippen LogP contribution is 2.23. The van der Waals surface area contributed by atoms with E-state index >= 15 is 0 Å². The van der Waals surface area contributed by atoms with Gasteiger partial charge >= 0.3 is 0 Å². The molecule has 1 unspecified atom stereocenters. The standard InChI is InChI=1S/C22H23N7O3/c1-3-28-12-10-22(32,21(28)31)9-7-15-5-4-6-16(13-15)29-14-17(19(26-29)20(23)30)24-18-8-11-27(2)25-18/h4-6,8,11,13-14,32H,3,10,12H2,1-2H3,(H2,23,30)(H,24,25). The average Bonchev–Trinajstić information content (AvgIpc) is 3.46. The van der Waals surface area contributed by atoms with Crippen molar-refractivity contribution in [2.75, 3.05) is 18.4 Å². The second kappa shape index (κ2) is 8.20. The van der Waals surface area contributed by atoms with Crippen LogP contribution in [0.3, 0.4) is 0 Å². The first kappa shape index (κ1) is 21.1. The zero-order chi connectivity index (χ0) is 22.9. The molecule has 1 fully saturated rings. The van der Waals surface area contributed by atoms with Gasteiger partial charge in [-0.05, 0) is 25.1 Å². The number of carbonyl (C=O) groups excluding carboxylic acids is 2. The van der Waals surface area contributed by atoms with Gasteiger partial charge in [0.25, 0.3) is 11.8 Å². The van der Waals surface area contributed by atoms with Crippen molar-refractivity contribution in [2.45, 2.75) is 18.9 Å². The fraction of sp³-hybridized carbons (Fsp3) is 0.273. The summed E-state index contributed by atoms with van der Waals surface area (Å²) < 4.78 is 3.13. The van der Waals surface area contributed by atoms with E-state index in [0.717, 1.165) is 0 Å². The Kier molecular flexibility index (Phi) is 5.42. The molecule has 1 aliphatic rings. The zero-order valence-electron chi connectivity index (χ0n) is 17.7. The molecular weight excluding hydrogens is 410 g/mol. The van der Waals surface area contributed by atoms with Crippen LogP contribution in [0.1, 0.15) is 29.4 Å². The topological polar surface area (TPSA) is 131 Å². The van der Waals surface area contributed by atoms with E-state index in [1.165, 1.54) is 4.68 Å². The van der Waals surface area contributed by atoms with Crippen LogP contribution < -0.4 is 11.1 Å². The molecule has 3 aromatic rings. The van der Waals surface area contributed by atoms with E-state index in [4.69, 9.17) is 5.73 Å². The molecule has 0 aliphatic carbocycles. The van der Waals surface area contributed by atoms with Gasteiger partial charge in [-0.25, -0.2) is 4.68 Å². The van der Waals surface area contributed by atoms with Gasteiger partial charge in [-0.15, -0.1) is 0 Å². The molecule has 3 heterocycles. The van der Waals surface area contributed by atoms with Crippen molar-refractivity contribution in [3.63, 3.8) is 0 Å². The predicted octanol–water partition coefficient (Wildman–Crippen LogP) is 0.783. The number of carbonyl (C=O) groups is 2. The number of hydrogen-bond acceptors (Lipinski definition) is 6. The first-order chi connectivity index (χ1) is 15.3. The molecule has 2 aromatic heterocycles. The van der Waals surface area contributed by atoms with Crippen LogP contribution >= 0.6 is 0 Å². The molecule has 10 heteroatoms. The van der Waals surface area contributed by atoms with Crippen LogP contribution in [0.25, 0.3) is 5.69 Å². The fourth-order valence-corrected chi connectivity index (χ4v) is 3.49. The third-order valence-electron chi connectivity index (χ3n) is 5.21. The Morgan fingerprint density at radius 2 is 2.16 bits per heavy atom. The van der Waals surface area contributed by atoms with Crippen molar-refractivity contribution in [1.82, 2.24) is 24.5 Å². The molecule has 10 nitrogen and oxygen atoms in total. The number of nitrogens with one attached hydrogen (secondary N) is 1. The Bertz CT molecular complexity index is 1250. The van der Waals surface area contributed by atoms with Gasteiger partial charge < -0.3 is 21.1 Å². The van der Waals surface area contributed by atoms with E-state index in [1.807, 2.05) is 6.92 Å². The van der Waals surface area contributed by atoms with Crippen molar-refractivity contribution >= 4 is 23.3 Å². The van der Waals surface area contributed by atoms with E-state index < -0.39 is 11.5 Å². The highest BCUT2D eigenvalue weighted by atomic mass is 16.3. The number of nitrogens with zero attached hydrogens (tertiary/aromatic N) is 5. The number of likely N-dealkylation sites (tertiary alicyclic amines) is 1. The van der Waals surface area contributed by atoms with E-state index in [2.05, 4.69) is 27.4 Å². The molecule has 1 atom stereocenters. The maximum absolute atomic E-state index is 12.3. The molecular formula is C22H23N7O3. The van der Waals surface area contributed by atoms with Crippen molar-refractivity contribution in [3.05, 3.63) is 54.0 Å². The van der Waals surface area contributed by atoms with Crippen LogP contribution in [0.5, 0.6) is 0 Å². The summed E-state index contributed by atoms with van der Waals surface area (Å²) >= 11 is 0. The number of amides is 2. The lowest BCUT2D eigenvalue weighted by atomic mass is 10.0. The second-order valence-corrected chi connectivity index (χ2v) is 7.50. The summed E-state index contributed by atoms with van der Waals surface area (Å²) in [6.07, 6.45) is 3.67. The van der Waals surface area contributed by atoms with E-state index in [9.17, 15) is 14.7 Å². The smallest absolute Gasteiger partial charge is 0.271 e. The number of aryl methyl sites for hydroxylation is 1. The second-order valence-electron chi connectivity index (χ2n) is 7.50. The van der Waals surface area contributed by atoms with Crippen LogP contribution in [0, 0.1) is 11.8 Å². The van der Waals surface area contributed by atoms with Crippen molar-refractivity contribution in [3.8, 4) is 17.5 Å². The SMILES string of the molecule is CCN1CCC(O)(C#Cc2cccc(-n3cc(Nc4ccn(C)n4)c(C(N)=O)n3)c2)C1=O. The number of nitrogens with two attached hydrogens (primary N) is 1. The third-order valence-corrected chi connectivity index (χ3v) is 5.21. The minimum atomic E-state index is -1.67. The van der Waals surface area contributed by atoms with Gasteiger partial charge in [-0.1, -0.05) is 17.9 Å². The highest BCUT2D eigenvalue weighted by molar-refractivity contribution is 5.97. The third kappa shape index (κ3) is 4.06. The monoisotopic (exact) mass is 433 g/mol. The van der Waals surface area contributed by atoms with Crippen LogP contribution in [0.15, 0.2) is 42.7 Å². The molecule has 164 valence electrons. The van der Waals surface area contributed by atoms with Crippen molar-refractivity contribution in [2.24, 2.45) is 12.8 Å². The normalized spacial score (nSPS) is 17.8. The number of aliphatic hydroxyl groups is 1. The van der Waals surface area contributed by atoms with Gasteiger partial charge in [-0.2, -0.15) is 10.2 Å². The predicted molar refractivity (Wildman–Crippen MR) is 117 cm³/mol. The van der Waals surface area contributed by atoms with E-state index in [-0.39, 0.29) is 18.0 Å². The van der Waals surface area contributed by atoms with E-state index in [1.54, 1.807) is 59.4 Å². The summed E-state index contributed by atoms with van der Waals surface area (Å²) in [6.45, 7) is 2.88. The highest BCUT2D eigenvalue weighted by Gasteiger charge is 2.43. The van der Waals surface area contributed by atoms with Crippen LogP contribution in [0.2, 0.25) is 0 Å². The summed E-state index contributed by atoms with van der Waals surface area (Å²) in [7, 11) is 1.78. The number of benzene rings is 1. The molecule has 0 radical (unpaired) electrons. The largest absolute Gasteiger partial charge is 0.369 e. The Labute approximate surface area is 184 Å². The van der Waals surface area contributed by atoms with Gasteiger partial charge in [0.15, 0.2) is 11.5 Å². The summed E-state index contributed by atoms with van der Waals surface area (Å²) in [4.78, 5) is 25.8. The summed E-state index contributed by atoms with van der Waals surface area (Å²) in [6, 6.07) is 8.84. The minimum absolute atomic E-state index is 0.0673. The lowest BCUT2D eigenvalue weighted by Crippen LogP contribution is -2.38. The van der Waals surface area contributed by atoms with Gasteiger partial charge in [0, 0.05) is 44.4 Å². The lowest BCUT2D eigenvalue weighted by molar-refractivity contribution is -0.138. The number of rotatable bonds is 5. The van der Waals surface area contributed by atoms with Crippen LogP contribution in [-0.2, 0) is 11.8 Å². The Morgan fingerprint density at radius 1 is 1.34 bits per heavy atom. The van der Waals surface area contributed by atoms with Gasteiger partial charge in [0.2, 0.25) is 5.60 Å². The average molecular weight is 433 g/mol. The molecule has 0 bridgehead atoms. The number of hydrogen-bond donors (Lipinski definition) is 3. The maximum atomic E-state index is 12.3. The molecule has 4 rings (SSSR count). The van der Waals surface area contributed by atoms with Gasteiger partial charge in [-0.3, -0.25) is 14.3 Å². The van der Waals surface area contributed by atoms with Crippen LogP contribution in [-0.4, -0.2) is 60.1 Å². The molecule has 4 N–H and O–H groups in total. The number of primary amides is 1. The van der Waals surface area contributed by atoms with Crippen LogP contribution in [0.4, 0.5) is 11.5 Å². The lowest BCUT2D eigenvalue weighted by Gasteiger charge is -2.15. The molecule has 1 aliphatic heterocycles. The van der Waals surface area contributed by atoms with Crippen molar-refractivity contribution < 1.29 is 14.7 Å². The van der Waals surface area contributed by atoms with Crippen molar-refractivity contribution in [1.29, 1.82) is 0 Å². The quantitative estimate of drug-likeness (QED) is 0.510. The first-order valence-corrected chi connectivity index (χ1v) is 10.1. The Morgan fingerprint density at radius 3 is 2.81 bits per heavy atom. The van der Waals surface area contributed by atoms with Gasteiger partial charge in [0.05, 0.1) is 17.6 Å². The molecule has 1 aromatic carbocycles.